The quantitative estimate of drug-likeness (QED) is 0.798. The molecule has 0 N–H and O–H groups in total. The first kappa shape index (κ1) is 12.1. The molecule has 0 amide bonds. The van der Waals surface area contributed by atoms with Crippen molar-refractivity contribution in [3.8, 4) is 11.5 Å². The molecule has 0 unspecified atom stereocenters. The first-order chi connectivity index (χ1) is 8.15. The molecule has 0 aliphatic heterocycles. The third kappa shape index (κ3) is 3.31. The number of thioether (sulfide) groups is 1. The van der Waals surface area contributed by atoms with Gasteiger partial charge in [-0.05, 0) is 31.2 Å². The third-order valence-corrected chi connectivity index (χ3v) is 3.11. The van der Waals surface area contributed by atoms with E-state index in [0.29, 0.717) is 21.9 Å². The zero-order valence-corrected chi connectivity index (χ0v) is 10.6. The van der Waals surface area contributed by atoms with E-state index in [1.54, 1.807) is 24.3 Å². The van der Waals surface area contributed by atoms with Gasteiger partial charge in [-0.2, -0.15) is 0 Å². The topological polar surface area (TPSA) is 56.0 Å². The molecule has 4 nitrogen and oxygen atoms in total. The summed E-state index contributed by atoms with van der Waals surface area (Å²) in [5.74, 6) is 0.830. The van der Waals surface area contributed by atoms with Crippen molar-refractivity contribution in [3.05, 3.63) is 29.3 Å². The van der Waals surface area contributed by atoms with E-state index >= 15 is 0 Å². The number of ketones is 1. The number of rotatable bonds is 4. The maximum absolute atomic E-state index is 10.8. The van der Waals surface area contributed by atoms with Gasteiger partial charge in [0.25, 0.3) is 5.22 Å². The van der Waals surface area contributed by atoms with Crippen LogP contribution in [0.5, 0.6) is 0 Å². The zero-order valence-electron chi connectivity index (χ0n) is 9.01. The zero-order chi connectivity index (χ0) is 12.3. The van der Waals surface area contributed by atoms with Crippen LogP contribution >= 0.6 is 23.4 Å². The number of Topliss-reactive ketones (excluding diaryl/α,β-unsaturated/α-hetero) is 1. The van der Waals surface area contributed by atoms with Crippen LogP contribution < -0.4 is 0 Å². The monoisotopic (exact) mass is 268 g/mol. The summed E-state index contributed by atoms with van der Waals surface area (Å²) >= 11 is 7.01. The SMILES string of the molecule is CC(=O)CSc1nnc(-c2ccc(Cl)cc2)o1. The van der Waals surface area contributed by atoms with E-state index in [0.717, 1.165) is 5.56 Å². The summed E-state index contributed by atoms with van der Waals surface area (Å²) < 4.78 is 5.41. The standard InChI is InChI=1S/C11H9ClN2O2S/c1-7(15)6-17-11-14-13-10(16-11)8-2-4-9(12)5-3-8/h2-5H,6H2,1H3. The molecule has 0 bridgehead atoms. The predicted octanol–water partition coefficient (Wildman–Crippen LogP) is 3.07. The van der Waals surface area contributed by atoms with E-state index in [-0.39, 0.29) is 5.78 Å². The van der Waals surface area contributed by atoms with E-state index in [1.165, 1.54) is 18.7 Å². The number of nitrogens with zero attached hydrogens (tertiary/aromatic N) is 2. The van der Waals surface area contributed by atoms with Crippen molar-refractivity contribution in [2.45, 2.75) is 12.1 Å². The Morgan fingerprint density at radius 2 is 2.06 bits per heavy atom. The smallest absolute Gasteiger partial charge is 0.277 e. The van der Waals surface area contributed by atoms with Crippen LogP contribution in [0, 0.1) is 0 Å². The second-order valence-electron chi connectivity index (χ2n) is 3.37. The summed E-state index contributed by atoms with van der Waals surface area (Å²) in [5.41, 5.74) is 0.802. The van der Waals surface area contributed by atoms with Crippen molar-refractivity contribution < 1.29 is 9.21 Å². The molecule has 0 radical (unpaired) electrons. The molecule has 1 heterocycles. The average molecular weight is 269 g/mol. The second kappa shape index (κ2) is 5.33. The first-order valence-corrected chi connectivity index (χ1v) is 6.23. The average Bonchev–Trinajstić information content (AvgIpc) is 2.76. The molecule has 0 saturated carbocycles. The summed E-state index contributed by atoms with van der Waals surface area (Å²) in [5, 5.41) is 8.80. The fourth-order valence-electron chi connectivity index (χ4n) is 1.14. The van der Waals surface area contributed by atoms with Crippen molar-refractivity contribution in [2.75, 3.05) is 5.75 Å². The van der Waals surface area contributed by atoms with E-state index in [9.17, 15) is 4.79 Å². The minimum Gasteiger partial charge on any atom is -0.411 e. The van der Waals surface area contributed by atoms with Crippen molar-refractivity contribution in [2.24, 2.45) is 0 Å². The number of hydrogen-bond acceptors (Lipinski definition) is 5. The van der Waals surface area contributed by atoms with Crippen molar-refractivity contribution in [3.63, 3.8) is 0 Å². The molecule has 88 valence electrons. The number of benzene rings is 1. The first-order valence-electron chi connectivity index (χ1n) is 4.87. The number of carbonyl (C=O) groups is 1. The van der Waals surface area contributed by atoms with Gasteiger partial charge < -0.3 is 4.42 Å². The summed E-state index contributed by atoms with van der Waals surface area (Å²) in [6, 6.07) is 7.11. The molecule has 1 aromatic heterocycles. The third-order valence-electron chi connectivity index (χ3n) is 1.90. The van der Waals surface area contributed by atoms with Crippen LogP contribution in [-0.2, 0) is 4.79 Å². The molecule has 17 heavy (non-hydrogen) atoms. The molecule has 0 saturated heterocycles. The number of carbonyl (C=O) groups excluding carboxylic acids is 1. The Morgan fingerprint density at radius 1 is 1.35 bits per heavy atom. The Morgan fingerprint density at radius 3 is 2.71 bits per heavy atom. The van der Waals surface area contributed by atoms with Gasteiger partial charge >= 0.3 is 0 Å². The van der Waals surface area contributed by atoms with Gasteiger partial charge in [-0.15, -0.1) is 10.2 Å². The highest BCUT2D eigenvalue weighted by Crippen LogP contribution is 2.24. The maximum atomic E-state index is 10.8. The Hall–Kier alpha value is -1.33. The van der Waals surface area contributed by atoms with Crippen LogP contribution in [-0.4, -0.2) is 21.7 Å². The van der Waals surface area contributed by atoms with Crippen molar-refractivity contribution >= 4 is 29.1 Å². The van der Waals surface area contributed by atoms with Crippen molar-refractivity contribution in [1.82, 2.24) is 10.2 Å². The van der Waals surface area contributed by atoms with Crippen LogP contribution in [0.2, 0.25) is 5.02 Å². The molecule has 0 fully saturated rings. The Bertz CT molecular complexity index is 525. The molecule has 0 spiro atoms. The summed E-state index contributed by atoms with van der Waals surface area (Å²) in [4.78, 5) is 10.8. The fourth-order valence-corrected chi connectivity index (χ4v) is 1.83. The van der Waals surface area contributed by atoms with Crippen LogP contribution in [0.1, 0.15) is 6.92 Å². The van der Waals surface area contributed by atoms with Crippen LogP contribution in [0.15, 0.2) is 33.9 Å². The highest BCUT2D eigenvalue weighted by Gasteiger charge is 2.09. The normalized spacial score (nSPS) is 10.5. The molecule has 2 aromatic rings. The van der Waals surface area contributed by atoms with Gasteiger partial charge in [-0.3, -0.25) is 4.79 Å². The van der Waals surface area contributed by atoms with E-state index in [1.807, 2.05) is 0 Å². The minimum atomic E-state index is 0.0706. The second-order valence-corrected chi connectivity index (χ2v) is 4.73. The maximum Gasteiger partial charge on any atom is 0.277 e. The lowest BCUT2D eigenvalue weighted by atomic mass is 10.2. The van der Waals surface area contributed by atoms with Crippen LogP contribution in [0.3, 0.4) is 0 Å². The van der Waals surface area contributed by atoms with Gasteiger partial charge in [0, 0.05) is 10.6 Å². The van der Waals surface area contributed by atoms with E-state index < -0.39 is 0 Å². The Labute approximate surface area is 107 Å². The van der Waals surface area contributed by atoms with Crippen molar-refractivity contribution in [1.29, 1.82) is 0 Å². The van der Waals surface area contributed by atoms with Gasteiger partial charge in [-0.1, -0.05) is 23.4 Å². The lowest BCUT2D eigenvalue weighted by Gasteiger charge is -1.94. The lowest BCUT2D eigenvalue weighted by molar-refractivity contribution is -0.114. The summed E-state index contributed by atoms with van der Waals surface area (Å²) in [7, 11) is 0. The number of aromatic nitrogens is 2. The van der Waals surface area contributed by atoms with E-state index in [2.05, 4.69) is 10.2 Å². The number of halogens is 1. The molecule has 0 aliphatic rings. The summed E-state index contributed by atoms with van der Waals surface area (Å²) in [6.45, 7) is 1.52. The van der Waals surface area contributed by atoms with Gasteiger partial charge in [0.05, 0.1) is 5.75 Å². The molecule has 2 rings (SSSR count). The fraction of sp³-hybridized carbons (Fsp3) is 0.182. The van der Waals surface area contributed by atoms with Gasteiger partial charge in [0.2, 0.25) is 5.89 Å². The predicted molar refractivity (Wildman–Crippen MR) is 66.1 cm³/mol. The Balaban J connectivity index is 2.12. The minimum absolute atomic E-state index is 0.0706. The highest BCUT2D eigenvalue weighted by molar-refractivity contribution is 7.99. The molecular formula is C11H9ClN2O2S. The summed E-state index contributed by atoms with van der Waals surface area (Å²) in [6.07, 6.45) is 0. The Kier molecular flexibility index (Phi) is 3.81. The van der Waals surface area contributed by atoms with Gasteiger partial charge in [0.1, 0.15) is 5.78 Å². The van der Waals surface area contributed by atoms with Crippen LogP contribution in [0.4, 0.5) is 0 Å². The molecule has 0 aliphatic carbocycles. The van der Waals surface area contributed by atoms with Gasteiger partial charge in [0.15, 0.2) is 0 Å². The van der Waals surface area contributed by atoms with Crippen LogP contribution in [0.25, 0.3) is 11.5 Å². The van der Waals surface area contributed by atoms with Gasteiger partial charge in [-0.25, -0.2) is 0 Å². The molecular weight excluding hydrogens is 260 g/mol. The lowest BCUT2D eigenvalue weighted by Crippen LogP contribution is -1.92. The molecule has 0 atom stereocenters. The number of hydrogen-bond donors (Lipinski definition) is 0. The largest absolute Gasteiger partial charge is 0.411 e. The molecule has 6 heteroatoms. The molecule has 1 aromatic carbocycles. The van der Waals surface area contributed by atoms with E-state index in [4.69, 9.17) is 16.0 Å². The highest BCUT2D eigenvalue weighted by atomic mass is 35.5.